The zero-order chi connectivity index (χ0) is 14.3. The fourth-order valence-corrected chi connectivity index (χ4v) is 3.66. The van der Waals surface area contributed by atoms with E-state index in [1.165, 1.54) is 25.3 Å². The van der Waals surface area contributed by atoms with Gasteiger partial charge in [-0.1, -0.05) is 0 Å². The molecule has 0 aromatic heterocycles. The van der Waals surface area contributed by atoms with E-state index in [1.54, 1.807) is 0 Å². The van der Waals surface area contributed by atoms with Gasteiger partial charge in [-0.05, 0) is 60.8 Å². The molecule has 4 heteroatoms. The van der Waals surface area contributed by atoms with Crippen LogP contribution in [-0.4, -0.2) is 26.2 Å². The maximum absolute atomic E-state index is 12.2. The number of hydrogen-bond donors (Lipinski definition) is 0. The van der Waals surface area contributed by atoms with E-state index in [0.717, 1.165) is 49.7 Å². The molecule has 0 aliphatic heterocycles. The van der Waals surface area contributed by atoms with Crippen molar-refractivity contribution in [2.45, 2.75) is 38.5 Å². The molecule has 3 rings (SSSR count). The molecule has 0 saturated carbocycles. The van der Waals surface area contributed by atoms with E-state index < -0.39 is 11.9 Å². The number of carbonyl (C=O) groups excluding carboxylic acids is 2. The van der Waals surface area contributed by atoms with Gasteiger partial charge in [0.2, 0.25) is 0 Å². The quantitative estimate of drug-likeness (QED) is 0.776. The Hall–Kier alpha value is -1.84. The summed E-state index contributed by atoms with van der Waals surface area (Å²) >= 11 is 0. The van der Waals surface area contributed by atoms with Gasteiger partial charge in [-0.3, -0.25) is 0 Å². The molecule has 0 spiro atoms. The molecule has 0 unspecified atom stereocenters. The van der Waals surface area contributed by atoms with Crippen molar-refractivity contribution in [3.05, 3.63) is 33.4 Å². The summed E-state index contributed by atoms with van der Waals surface area (Å²) in [7, 11) is 2.72. The van der Waals surface area contributed by atoms with Gasteiger partial charge in [-0.15, -0.1) is 0 Å². The van der Waals surface area contributed by atoms with Crippen LogP contribution in [0.15, 0.2) is 0 Å². The molecule has 0 radical (unpaired) electrons. The molecule has 2 aliphatic rings. The van der Waals surface area contributed by atoms with E-state index in [-0.39, 0.29) is 0 Å². The van der Waals surface area contributed by atoms with E-state index in [0.29, 0.717) is 11.1 Å². The predicted octanol–water partition coefficient (Wildman–Crippen LogP) is 2.24. The smallest absolute Gasteiger partial charge is 0.339 e. The molecule has 0 bridgehead atoms. The van der Waals surface area contributed by atoms with Gasteiger partial charge in [-0.25, -0.2) is 9.59 Å². The summed E-state index contributed by atoms with van der Waals surface area (Å²) in [6.45, 7) is 0. The van der Waals surface area contributed by atoms with Crippen LogP contribution in [0.5, 0.6) is 0 Å². The second kappa shape index (κ2) is 4.93. The van der Waals surface area contributed by atoms with Crippen molar-refractivity contribution in [3.63, 3.8) is 0 Å². The van der Waals surface area contributed by atoms with Gasteiger partial charge in [-0.2, -0.15) is 0 Å². The van der Waals surface area contributed by atoms with E-state index in [4.69, 9.17) is 9.47 Å². The maximum atomic E-state index is 12.2. The Kier molecular flexibility index (Phi) is 3.24. The van der Waals surface area contributed by atoms with Crippen LogP contribution in [0.1, 0.15) is 55.8 Å². The summed E-state index contributed by atoms with van der Waals surface area (Å²) in [5.41, 5.74) is 5.49. The first-order chi connectivity index (χ1) is 9.69. The number of methoxy groups -OCH3 is 2. The average Bonchev–Trinajstić information content (AvgIpc) is 3.11. The molecule has 106 valence electrons. The summed E-state index contributed by atoms with van der Waals surface area (Å²) in [6.07, 6.45) is 5.77. The third-order valence-electron chi connectivity index (χ3n) is 4.43. The molecule has 0 amide bonds. The van der Waals surface area contributed by atoms with Crippen LogP contribution in [0.2, 0.25) is 0 Å². The van der Waals surface area contributed by atoms with Crippen molar-refractivity contribution < 1.29 is 19.1 Å². The van der Waals surface area contributed by atoms with Crippen molar-refractivity contribution in [1.29, 1.82) is 0 Å². The van der Waals surface area contributed by atoms with E-state index in [2.05, 4.69) is 0 Å². The highest BCUT2D eigenvalue weighted by atomic mass is 16.5. The highest BCUT2D eigenvalue weighted by Gasteiger charge is 2.34. The number of esters is 2. The van der Waals surface area contributed by atoms with E-state index >= 15 is 0 Å². The van der Waals surface area contributed by atoms with Gasteiger partial charge in [0, 0.05) is 0 Å². The van der Waals surface area contributed by atoms with Gasteiger partial charge < -0.3 is 9.47 Å². The lowest BCUT2D eigenvalue weighted by Crippen LogP contribution is -2.18. The van der Waals surface area contributed by atoms with Crippen molar-refractivity contribution in [2.75, 3.05) is 14.2 Å². The standard InChI is InChI=1S/C16H18O4/c1-19-15(17)13-11-7-3-5-9(11)10-6-4-8-12(10)14(13)16(18)20-2/h3-8H2,1-2H3. The minimum atomic E-state index is -0.418. The van der Waals surface area contributed by atoms with Crippen molar-refractivity contribution in [2.24, 2.45) is 0 Å². The van der Waals surface area contributed by atoms with Crippen LogP contribution in [-0.2, 0) is 35.2 Å². The largest absolute Gasteiger partial charge is 0.465 e. The van der Waals surface area contributed by atoms with Crippen LogP contribution in [0.3, 0.4) is 0 Å². The first-order valence-electron chi connectivity index (χ1n) is 7.05. The fourth-order valence-electron chi connectivity index (χ4n) is 3.66. The molecule has 1 aromatic carbocycles. The summed E-state index contributed by atoms with van der Waals surface area (Å²) in [5.74, 6) is -0.837. The molecule has 0 saturated heterocycles. The normalized spacial score (nSPS) is 15.7. The summed E-state index contributed by atoms with van der Waals surface area (Å²) in [4.78, 5) is 24.4. The van der Waals surface area contributed by atoms with Crippen LogP contribution in [0.4, 0.5) is 0 Å². The Morgan fingerprint density at radius 2 is 1.05 bits per heavy atom. The number of fused-ring (bicyclic) bond motifs is 3. The summed E-state index contributed by atoms with van der Waals surface area (Å²) < 4.78 is 9.82. The zero-order valence-corrected chi connectivity index (χ0v) is 11.9. The van der Waals surface area contributed by atoms with Crippen LogP contribution >= 0.6 is 0 Å². The fraction of sp³-hybridized carbons (Fsp3) is 0.500. The Bertz CT molecular complexity index is 548. The zero-order valence-electron chi connectivity index (χ0n) is 11.9. The lowest BCUT2D eigenvalue weighted by molar-refractivity contribution is 0.0553. The van der Waals surface area contributed by atoms with Crippen molar-refractivity contribution in [3.8, 4) is 0 Å². The van der Waals surface area contributed by atoms with Crippen molar-refractivity contribution >= 4 is 11.9 Å². The molecule has 4 nitrogen and oxygen atoms in total. The molecular formula is C16H18O4. The minimum Gasteiger partial charge on any atom is -0.465 e. The number of ether oxygens (including phenoxy) is 2. The van der Waals surface area contributed by atoms with E-state index in [9.17, 15) is 9.59 Å². The SMILES string of the molecule is COC(=O)c1c2c(c3c(c1C(=O)OC)CCC3)CCC2. The van der Waals surface area contributed by atoms with Crippen molar-refractivity contribution in [1.82, 2.24) is 0 Å². The highest BCUT2D eigenvalue weighted by Crippen LogP contribution is 2.39. The molecule has 0 atom stereocenters. The second-order valence-electron chi connectivity index (χ2n) is 5.35. The third-order valence-corrected chi connectivity index (χ3v) is 4.43. The lowest BCUT2D eigenvalue weighted by Gasteiger charge is -2.17. The minimum absolute atomic E-state index is 0.418. The van der Waals surface area contributed by atoms with Gasteiger partial charge in [0.15, 0.2) is 0 Å². The predicted molar refractivity (Wildman–Crippen MR) is 73.2 cm³/mol. The van der Waals surface area contributed by atoms with Gasteiger partial charge in [0.1, 0.15) is 0 Å². The molecular weight excluding hydrogens is 256 g/mol. The third kappa shape index (κ3) is 1.74. The Balaban J connectivity index is 2.34. The Morgan fingerprint density at radius 3 is 1.40 bits per heavy atom. The number of rotatable bonds is 2. The van der Waals surface area contributed by atoms with Crippen LogP contribution in [0, 0.1) is 0 Å². The molecule has 1 aromatic rings. The molecule has 20 heavy (non-hydrogen) atoms. The lowest BCUT2D eigenvalue weighted by atomic mass is 9.89. The average molecular weight is 274 g/mol. The van der Waals surface area contributed by atoms with Gasteiger partial charge in [0.05, 0.1) is 25.3 Å². The second-order valence-corrected chi connectivity index (χ2v) is 5.35. The van der Waals surface area contributed by atoms with Crippen LogP contribution < -0.4 is 0 Å². The monoisotopic (exact) mass is 274 g/mol. The van der Waals surface area contributed by atoms with Crippen LogP contribution in [0.25, 0.3) is 0 Å². The first kappa shape index (κ1) is 13.2. The van der Waals surface area contributed by atoms with Gasteiger partial charge in [0.25, 0.3) is 0 Å². The number of carbonyl (C=O) groups is 2. The topological polar surface area (TPSA) is 52.6 Å². The molecule has 0 fully saturated rings. The molecule has 2 aliphatic carbocycles. The number of hydrogen-bond acceptors (Lipinski definition) is 4. The Labute approximate surface area is 118 Å². The first-order valence-corrected chi connectivity index (χ1v) is 7.05. The highest BCUT2D eigenvalue weighted by molar-refractivity contribution is 6.06. The van der Waals surface area contributed by atoms with Gasteiger partial charge >= 0.3 is 11.9 Å². The van der Waals surface area contributed by atoms with E-state index in [1.807, 2.05) is 0 Å². The summed E-state index contributed by atoms with van der Waals surface area (Å²) in [5, 5.41) is 0. The Morgan fingerprint density at radius 1 is 0.700 bits per heavy atom. The molecule has 0 heterocycles. The number of benzene rings is 1. The maximum Gasteiger partial charge on any atom is 0.339 e. The molecule has 0 N–H and O–H groups in total. The summed E-state index contributed by atoms with van der Waals surface area (Å²) in [6, 6.07) is 0.